The van der Waals surface area contributed by atoms with Crippen LogP contribution in [0, 0.1) is 0 Å². The Labute approximate surface area is 167 Å². The van der Waals surface area contributed by atoms with E-state index < -0.39 is 11.6 Å². The maximum atomic E-state index is 14.3. The van der Waals surface area contributed by atoms with Crippen molar-refractivity contribution in [3.05, 3.63) is 65.3 Å². The Morgan fingerprint density at radius 3 is 2.79 bits per heavy atom. The molecule has 6 nitrogen and oxygen atoms in total. The zero-order valence-electron chi connectivity index (χ0n) is 15.8. The summed E-state index contributed by atoms with van der Waals surface area (Å²) < 4.78 is 14.3. The van der Waals surface area contributed by atoms with Crippen molar-refractivity contribution in [2.24, 2.45) is 10.7 Å². The molecule has 0 atom stereocenters. The third kappa shape index (κ3) is 3.03. The minimum Gasteiger partial charge on any atom is -0.400 e. The molecule has 1 fully saturated rings. The van der Waals surface area contributed by atoms with Crippen LogP contribution < -0.4 is 16.0 Å². The normalized spacial score (nSPS) is 18.2. The van der Waals surface area contributed by atoms with Crippen molar-refractivity contribution in [1.82, 2.24) is 10.3 Å². The summed E-state index contributed by atoms with van der Waals surface area (Å²) >= 11 is 0. The monoisotopic (exact) mass is 389 g/mol. The number of carbonyl (C=O) groups is 1. The maximum absolute atomic E-state index is 14.3. The second kappa shape index (κ2) is 6.93. The fourth-order valence-electron chi connectivity index (χ4n) is 3.82. The maximum Gasteiger partial charge on any atom is 0.214 e. The largest absolute Gasteiger partial charge is 0.400 e. The SMILES string of the molecule is NC1=C(F)C(C(=O)C2=Nc3ncc(-c4ccc(N5CCNC5)cc4)cc32)=CCC1. The van der Waals surface area contributed by atoms with Gasteiger partial charge in [0, 0.05) is 41.8 Å². The number of carbonyl (C=O) groups excluding carboxylic acids is 1. The van der Waals surface area contributed by atoms with E-state index in [2.05, 4.69) is 32.3 Å². The van der Waals surface area contributed by atoms with Crippen molar-refractivity contribution in [2.75, 3.05) is 24.7 Å². The van der Waals surface area contributed by atoms with E-state index >= 15 is 0 Å². The first-order chi connectivity index (χ1) is 14.1. The number of nitrogens with two attached hydrogens (primary N) is 1. The summed E-state index contributed by atoms with van der Waals surface area (Å²) in [6.45, 7) is 2.84. The molecular weight excluding hydrogens is 369 g/mol. The summed E-state index contributed by atoms with van der Waals surface area (Å²) in [6.07, 6.45) is 4.32. The van der Waals surface area contributed by atoms with E-state index in [1.165, 1.54) is 0 Å². The van der Waals surface area contributed by atoms with Gasteiger partial charge in [0.1, 0.15) is 5.71 Å². The number of aliphatic imine (C=N–C) groups is 1. The highest BCUT2D eigenvalue weighted by atomic mass is 19.1. The second-order valence-electron chi connectivity index (χ2n) is 7.35. The molecule has 2 aliphatic heterocycles. The predicted octanol–water partition coefficient (Wildman–Crippen LogP) is 2.98. The summed E-state index contributed by atoms with van der Waals surface area (Å²) in [5.41, 5.74) is 9.75. The van der Waals surface area contributed by atoms with Gasteiger partial charge in [-0.05, 0) is 36.6 Å². The van der Waals surface area contributed by atoms with Gasteiger partial charge in [0.15, 0.2) is 11.6 Å². The molecule has 0 saturated carbocycles. The number of nitrogens with zero attached hydrogens (tertiary/aromatic N) is 3. The molecule has 3 aliphatic rings. The van der Waals surface area contributed by atoms with Crippen LogP contribution >= 0.6 is 0 Å². The molecule has 1 aliphatic carbocycles. The van der Waals surface area contributed by atoms with E-state index in [-0.39, 0.29) is 17.0 Å². The van der Waals surface area contributed by atoms with Crippen molar-refractivity contribution in [3.63, 3.8) is 0 Å². The summed E-state index contributed by atoms with van der Waals surface area (Å²) in [6, 6.07) is 10.1. The van der Waals surface area contributed by atoms with Crippen molar-refractivity contribution in [2.45, 2.75) is 12.8 Å². The van der Waals surface area contributed by atoms with Crippen LogP contribution in [-0.4, -0.2) is 36.2 Å². The zero-order valence-corrected chi connectivity index (χ0v) is 15.8. The van der Waals surface area contributed by atoms with Crippen LogP contribution in [0.2, 0.25) is 0 Å². The second-order valence-corrected chi connectivity index (χ2v) is 7.35. The fraction of sp³-hybridized carbons (Fsp3) is 0.227. The smallest absolute Gasteiger partial charge is 0.214 e. The Kier molecular flexibility index (Phi) is 4.24. The molecule has 146 valence electrons. The van der Waals surface area contributed by atoms with Crippen molar-refractivity contribution in [3.8, 4) is 11.1 Å². The number of anilines is 1. The molecule has 0 bridgehead atoms. The standard InChI is InChI=1S/C22H20FN5O/c23-19-16(2-1-3-18(19)24)21(29)20-17-10-14(11-26-22(17)27-20)13-4-6-15(7-5-13)28-9-8-25-12-28/h2,4-7,10-11,25H,1,3,8-9,12,24H2. The number of ketones is 1. The number of pyridine rings is 1. The van der Waals surface area contributed by atoms with Gasteiger partial charge >= 0.3 is 0 Å². The summed E-state index contributed by atoms with van der Waals surface area (Å²) in [7, 11) is 0. The van der Waals surface area contributed by atoms with Crippen molar-refractivity contribution >= 4 is 23.0 Å². The Morgan fingerprint density at radius 2 is 2.03 bits per heavy atom. The molecule has 29 heavy (non-hydrogen) atoms. The van der Waals surface area contributed by atoms with E-state index in [1.54, 1.807) is 12.3 Å². The molecule has 5 rings (SSSR count). The third-order valence-corrected chi connectivity index (χ3v) is 5.51. The first-order valence-electron chi connectivity index (χ1n) is 9.66. The molecule has 0 spiro atoms. The van der Waals surface area contributed by atoms with Gasteiger partial charge < -0.3 is 10.6 Å². The molecule has 0 unspecified atom stereocenters. The van der Waals surface area contributed by atoms with E-state index in [4.69, 9.17) is 5.73 Å². The van der Waals surface area contributed by atoms with Crippen LogP contribution in [0.25, 0.3) is 11.1 Å². The van der Waals surface area contributed by atoms with Crippen LogP contribution in [0.1, 0.15) is 18.4 Å². The molecule has 2 aromatic rings. The van der Waals surface area contributed by atoms with Crippen molar-refractivity contribution in [1.29, 1.82) is 0 Å². The molecule has 3 heterocycles. The van der Waals surface area contributed by atoms with Gasteiger partial charge in [-0.3, -0.25) is 10.1 Å². The first kappa shape index (κ1) is 17.8. The lowest BCUT2D eigenvalue weighted by molar-refractivity contribution is -0.109. The fourth-order valence-corrected chi connectivity index (χ4v) is 3.82. The highest BCUT2D eigenvalue weighted by Crippen LogP contribution is 2.35. The molecular formula is C22H20FN5O. The van der Waals surface area contributed by atoms with Crippen molar-refractivity contribution < 1.29 is 9.18 Å². The van der Waals surface area contributed by atoms with Gasteiger partial charge in [0.25, 0.3) is 0 Å². The lowest BCUT2D eigenvalue weighted by atomic mass is 9.91. The summed E-state index contributed by atoms with van der Waals surface area (Å²) in [4.78, 5) is 23.6. The Bertz CT molecular complexity index is 1090. The van der Waals surface area contributed by atoms with E-state index in [1.807, 2.05) is 18.2 Å². The highest BCUT2D eigenvalue weighted by Gasteiger charge is 2.32. The number of benzene rings is 1. The number of rotatable bonds is 4. The lowest BCUT2D eigenvalue weighted by Crippen LogP contribution is -2.25. The van der Waals surface area contributed by atoms with Crippen LogP contribution in [0.5, 0.6) is 0 Å². The van der Waals surface area contributed by atoms with Crippen LogP contribution in [-0.2, 0) is 4.79 Å². The quantitative estimate of drug-likeness (QED) is 0.840. The van der Waals surface area contributed by atoms with Crippen LogP contribution in [0.15, 0.2) is 64.7 Å². The average molecular weight is 389 g/mol. The number of fused-ring (bicyclic) bond motifs is 1. The number of nitrogens with one attached hydrogen (secondary N) is 1. The average Bonchev–Trinajstić information content (AvgIpc) is 3.26. The molecule has 0 radical (unpaired) electrons. The van der Waals surface area contributed by atoms with Gasteiger partial charge in [0.05, 0.1) is 12.2 Å². The molecule has 7 heteroatoms. The highest BCUT2D eigenvalue weighted by molar-refractivity contribution is 6.55. The number of Topliss-reactive ketones (excluding diaryl/α,β-unsaturated/α-hetero) is 1. The molecule has 0 amide bonds. The molecule has 1 aromatic heterocycles. The number of hydrogen-bond acceptors (Lipinski definition) is 6. The van der Waals surface area contributed by atoms with Gasteiger partial charge in [-0.1, -0.05) is 18.2 Å². The first-order valence-corrected chi connectivity index (χ1v) is 9.66. The molecule has 3 N–H and O–H groups in total. The Hall–Kier alpha value is -3.32. The van der Waals surface area contributed by atoms with Gasteiger partial charge in [-0.2, -0.15) is 0 Å². The predicted molar refractivity (Wildman–Crippen MR) is 111 cm³/mol. The molecule has 1 aromatic carbocycles. The number of allylic oxidation sites excluding steroid dienone is 4. The minimum absolute atomic E-state index is 0.00660. The van der Waals surface area contributed by atoms with E-state index in [9.17, 15) is 9.18 Å². The number of aromatic nitrogens is 1. The number of hydrogen-bond donors (Lipinski definition) is 2. The zero-order chi connectivity index (χ0) is 20.0. The Morgan fingerprint density at radius 1 is 1.21 bits per heavy atom. The minimum atomic E-state index is -0.631. The summed E-state index contributed by atoms with van der Waals surface area (Å²) in [5, 5.41) is 3.32. The number of halogens is 1. The Balaban J connectivity index is 1.40. The lowest BCUT2D eigenvalue weighted by Gasteiger charge is -2.20. The summed E-state index contributed by atoms with van der Waals surface area (Å²) in [5.74, 6) is -0.562. The van der Waals surface area contributed by atoms with E-state index in [0.717, 1.165) is 36.6 Å². The van der Waals surface area contributed by atoms with Gasteiger partial charge in [0.2, 0.25) is 5.78 Å². The third-order valence-electron chi connectivity index (χ3n) is 5.51. The molecule has 1 saturated heterocycles. The van der Waals surface area contributed by atoms with Crippen LogP contribution in [0.3, 0.4) is 0 Å². The van der Waals surface area contributed by atoms with E-state index in [0.29, 0.717) is 24.2 Å². The van der Waals surface area contributed by atoms with Crippen LogP contribution in [0.4, 0.5) is 15.9 Å². The topological polar surface area (TPSA) is 83.6 Å². The van der Waals surface area contributed by atoms with Gasteiger partial charge in [-0.15, -0.1) is 0 Å². The van der Waals surface area contributed by atoms with Gasteiger partial charge in [-0.25, -0.2) is 14.4 Å².